The van der Waals surface area contributed by atoms with Gasteiger partial charge >= 0.3 is 13.7 Å². The van der Waals surface area contributed by atoms with Crippen molar-refractivity contribution in [3.63, 3.8) is 0 Å². The highest BCUT2D eigenvalue weighted by atomic mass is 35.5. The molecule has 16 heteroatoms. The second-order valence-corrected chi connectivity index (χ2v) is 10.5. The zero-order valence-corrected chi connectivity index (χ0v) is 23.0. The summed E-state index contributed by atoms with van der Waals surface area (Å²) in [5.74, 6) is -0.366. The number of nitrogens with one attached hydrogen (secondary N) is 1. The Labute approximate surface area is 228 Å². The van der Waals surface area contributed by atoms with Gasteiger partial charge in [-0.3, -0.25) is 13.9 Å². The first-order valence-corrected chi connectivity index (χ1v) is 13.7. The molecule has 0 amide bonds. The molecular weight excluding hydrogens is 555 g/mol. The van der Waals surface area contributed by atoms with Crippen molar-refractivity contribution in [3.05, 3.63) is 47.8 Å². The van der Waals surface area contributed by atoms with Gasteiger partial charge in [0.1, 0.15) is 24.0 Å². The standard InChI is InChI=1S/C23H28ClN6O8P/c1-5-35-20-17-19(27-23(25)28-20)30(11-26-17)21-12(2)18(31)16(37-21)10-36-39(33,29-13(3)22(32)34-4)38-15-8-6-14(24)7-9-15/h6-9,11,13,16,18,21,31H,2,5,10H2,1,3-4H3,(H,29,33)(H2,25,27,28). The van der Waals surface area contributed by atoms with Crippen molar-refractivity contribution in [1.82, 2.24) is 24.6 Å². The molecule has 210 valence electrons. The highest BCUT2D eigenvalue weighted by molar-refractivity contribution is 7.52. The lowest BCUT2D eigenvalue weighted by Gasteiger charge is -2.24. The van der Waals surface area contributed by atoms with Crippen LogP contribution in [0.3, 0.4) is 0 Å². The molecule has 0 bridgehead atoms. The smallest absolute Gasteiger partial charge is 0.459 e. The Bertz CT molecular complexity index is 1400. The number of carbonyl (C=O) groups excluding carboxylic acids is 1. The van der Waals surface area contributed by atoms with E-state index in [2.05, 4.69) is 26.6 Å². The van der Waals surface area contributed by atoms with Crippen molar-refractivity contribution in [2.75, 3.05) is 26.1 Å². The van der Waals surface area contributed by atoms with Crippen LogP contribution in [0.5, 0.6) is 11.6 Å². The second-order valence-electron chi connectivity index (χ2n) is 8.40. The number of ether oxygens (including phenoxy) is 3. The van der Waals surface area contributed by atoms with Crippen LogP contribution in [0.2, 0.25) is 5.02 Å². The number of anilines is 1. The summed E-state index contributed by atoms with van der Waals surface area (Å²) in [6.45, 7) is 7.09. The average molecular weight is 583 g/mol. The van der Waals surface area contributed by atoms with E-state index >= 15 is 0 Å². The Hall–Kier alpha value is -3.26. The molecule has 5 atom stereocenters. The molecule has 1 aliphatic rings. The lowest BCUT2D eigenvalue weighted by atomic mass is 10.1. The number of nitrogens with two attached hydrogens (primary N) is 1. The van der Waals surface area contributed by atoms with Gasteiger partial charge in [0, 0.05) is 10.6 Å². The summed E-state index contributed by atoms with van der Waals surface area (Å²) in [6, 6.07) is 4.98. The summed E-state index contributed by atoms with van der Waals surface area (Å²) in [5.41, 5.74) is 6.75. The van der Waals surface area contributed by atoms with E-state index in [4.69, 9.17) is 40.6 Å². The van der Waals surface area contributed by atoms with E-state index in [1.165, 1.54) is 49.2 Å². The van der Waals surface area contributed by atoms with Crippen molar-refractivity contribution in [2.24, 2.45) is 0 Å². The number of nitrogens with zero attached hydrogens (tertiary/aromatic N) is 4. The van der Waals surface area contributed by atoms with Gasteiger partial charge in [-0.05, 0) is 38.1 Å². The molecule has 4 rings (SSSR count). The van der Waals surface area contributed by atoms with Crippen molar-refractivity contribution < 1.29 is 37.7 Å². The summed E-state index contributed by atoms with van der Waals surface area (Å²) in [5, 5.41) is 13.8. The number of aromatic nitrogens is 4. The predicted molar refractivity (Wildman–Crippen MR) is 140 cm³/mol. The Morgan fingerprint density at radius 3 is 2.74 bits per heavy atom. The first-order chi connectivity index (χ1) is 18.5. The van der Waals surface area contributed by atoms with Crippen molar-refractivity contribution in [1.29, 1.82) is 0 Å². The number of hydrogen-bond donors (Lipinski definition) is 3. The van der Waals surface area contributed by atoms with Crippen LogP contribution in [0.4, 0.5) is 5.95 Å². The van der Waals surface area contributed by atoms with Crippen molar-refractivity contribution in [2.45, 2.75) is 38.3 Å². The molecule has 5 unspecified atom stereocenters. The highest BCUT2D eigenvalue weighted by Crippen LogP contribution is 2.46. The number of carbonyl (C=O) groups is 1. The number of nitrogen functional groups attached to an aromatic ring is 1. The van der Waals surface area contributed by atoms with E-state index in [-0.39, 0.29) is 23.2 Å². The summed E-state index contributed by atoms with van der Waals surface area (Å²) >= 11 is 5.92. The topological polar surface area (TPSA) is 182 Å². The summed E-state index contributed by atoms with van der Waals surface area (Å²) < 4.78 is 42.6. The molecule has 39 heavy (non-hydrogen) atoms. The largest absolute Gasteiger partial charge is 0.476 e. The Morgan fingerprint density at radius 1 is 1.36 bits per heavy atom. The molecule has 1 aliphatic heterocycles. The number of esters is 1. The summed E-state index contributed by atoms with van der Waals surface area (Å²) in [7, 11) is -3.01. The SMILES string of the molecule is C=C1C(O)C(COP(=O)(NC(C)C(=O)OC)Oc2ccc(Cl)cc2)OC1n1cnc2c(OCC)nc(N)nc21. The van der Waals surface area contributed by atoms with E-state index in [0.717, 1.165) is 0 Å². The van der Waals surface area contributed by atoms with Gasteiger partial charge < -0.3 is 29.6 Å². The molecule has 1 fully saturated rings. The van der Waals surface area contributed by atoms with Gasteiger partial charge in [0.25, 0.3) is 0 Å². The summed E-state index contributed by atoms with van der Waals surface area (Å²) in [4.78, 5) is 24.6. The fourth-order valence-corrected chi connectivity index (χ4v) is 5.39. The Morgan fingerprint density at radius 2 is 2.08 bits per heavy atom. The van der Waals surface area contributed by atoms with Gasteiger partial charge in [-0.15, -0.1) is 0 Å². The van der Waals surface area contributed by atoms with E-state index in [0.29, 0.717) is 22.8 Å². The van der Waals surface area contributed by atoms with E-state index in [9.17, 15) is 14.5 Å². The van der Waals surface area contributed by atoms with Gasteiger partial charge in [0.2, 0.25) is 11.8 Å². The first kappa shape index (κ1) is 28.7. The zero-order chi connectivity index (χ0) is 28.3. The predicted octanol–water partition coefficient (Wildman–Crippen LogP) is 2.63. The molecule has 0 aliphatic carbocycles. The minimum absolute atomic E-state index is 0.0390. The Kier molecular flexibility index (Phi) is 8.74. The molecule has 3 heterocycles. The third-order valence-corrected chi connectivity index (χ3v) is 7.54. The molecule has 0 saturated carbocycles. The van der Waals surface area contributed by atoms with Crippen LogP contribution in [0.25, 0.3) is 11.2 Å². The first-order valence-electron chi connectivity index (χ1n) is 11.8. The Balaban J connectivity index is 1.54. The van der Waals surface area contributed by atoms with Gasteiger partial charge in [-0.25, -0.2) is 9.55 Å². The lowest BCUT2D eigenvalue weighted by molar-refractivity contribution is -0.142. The normalized spacial score (nSPS) is 21.5. The third kappa shape index (κ3) is 6.32. The molecule has 1 saturated heterocycles. The van der Waals surface area contributed by atoms with Crippen molar-refractivity contribution in [3.8, 4) is 11.6 Å². The number of rotatable bonds is 11. The van der Waals surface area contributed by atoms with Crippen LogP contribution in [0, 0.1) is 0 Å². The number of hydrogen-bond acceptors (Lipinski definition) is 12. The number of aliphatic hydroxyl groups is 1. The van der Waals surface area contributed by atoms with Crippen LogP contribution < -0.4 is 20.1 Å². The maximum absolute atomic E-state index is 13.6. The lowest BCUT2D eigenvalue weighted by Crippen LogP contribution is -2.36. The van der Waals surface area contributed by atoms with Crippen LogP contribution in [0.15, 0.2) is 42.7 Å². The van der Waals surface area contributed by atoms with E-state index in [1.54, 1.807) is 6.92 Å². The summed E-state index contributed by atoms with van der Waals surface area (Å²) in [6.07, 6.45) is -1.73. The number of halogens is 1. The molecule has 3 aromatic rings. The molecule has 2 aromatic heterocycles. The maximum Gasteiger partial charge on any atom is 0.459 e. The molecule has 1 aromatic carbocycles. The van der Waals surface area contributed by atoms with Crippen molar-refractivity contribution >= 4 is 42.4 Å². The second kappa shape index (κ2) is 11.9. The third-order valence-electron chi connectivity index (χ3n) is 5.65. The number of benzene rings is 1. The van der Waals surface area contributed by atoms with Gasteiger partial charge in [0.15, 0.2) is 17.4 Å². The number of methoxy groups -OCH3 is 1. The van der Waals surface area contributed by atoms with Crippen LogP contribution >= 0.6 is 19.3 Å². The molecule has 0 radical (unpaired) electrons. The molecular formula is C23H28ClN6O8P. The van der Waals surface area contributed by atoms with E-state index in [1.807, 2.05) is 0 Å². The number of fused-ring (bicyclic) bond motifs is 1. The van der Waals surface area contributed by atoms with Crippen LogP contribution in [-0.2, 0) is 23.4 Å². The van der Waals surface area contributed by atoms with Crippen LogP contribution in [0.1, 0.15) is 20.1 Å². The minimum atomic E-state index is -4.21. The van der Waals surface area contributed by atoms with Gasteiger partial charge in [0.05, 0.1) is 26.7 Å². The highest BCUT2D eigenvalue weighted by Gasteiger charge is 2.42. The maximum atomic E-state index is 13.6. The average Bonchev–Trinajstić information content (AvgIpc) is 3.44. The van der Waals surface area contributed by atoms with Crippen LogP contribution in [-0.4, -0.2) is 69.2 Å². The van der Waals surface area contributed by atoms with Gasteiger partial charge in [-0.1, -0.05) is 18.2 Å². The molecule has 4 N–H and O–H groups in total. The van der Waals surface area contributed by atoms with E-state index < -0.39 is 44.8 Å². The molecule has 14 nitrogen and oxygen atoms in total. The van der Waals surface area contributed by atoms with Gasteiger partial charge in [-0.2, -0.15) is 15.1 Å². The zero-order valence-electron chi connectivity index (χ0n) is 21.3. The minimum Gasteiger partial charge on any atom is -0.476 e. The monoisotopic (exact) mass is 582 g/mol. The fraction of sp³-hybridized carbons (Fsp3) is 0.391. The fourth-order valence-electron chi connectivity index (χ4n) is 3.76. The molecule has 0 spiro atoms. The number of imidazole rings is 1. The number of aliphatic hydroxyl groups excluding tert-OH is 1. The quantitative estimate of drug-likeness (QED) is 0.170.